The van der Waals surface area contributed by atoms with Crippen molar-refractivity contribution in [2.45, 2.75) is 38.5 Å². The summed E-state index contributed by atoms with van der Waals surface area (Å²) in [7, 11) is 0. The molecular weight excluding hydrogens is 210 g/mol. The first-order valence-corrected chi connectivity index (χ1v) is 6.24. The summed E-state index contributed by atoms with van der Waals surface area (Å²) in [5.41, 5.74) is 3.64. The topological polar surface area (TPSA) is 32.9 Å². The Morgan fingerprint density at radius 3 is 2.71 bits per heavy atom. The van der Waals surface area contributed by atoms with Gasteiger partial charge in [0.25, 0.3) is 0 Å². The molecule has 2 heteroatoms. The molecule has 0 radical (unpaired) electrons. The lowest BCUT2D eigenvalue weighted by Gasteiger charge is -2.21. The van der Waals surface area contributed by atoms with Gasteiger partial charge in [-0.3, -0.25) is 4.79 Å². The standard InChI is InChI=1S/C15H19NO/c1-3-5-15-13(4-2)14(10-16-15)11-6-8-12(17)9-7-11/h3-5,10-11,16H,2,6-9H2,1H3/b5-3-. The molecule has 0 bridgehead atoms. The Hall–Kier alpha value is -1.57. The van der Waals surface area contributed by atoms with Gasteiger partial charge in [0, 0.05) is 30.3 Å². The number of hydrogen-bond acceptors (Lipinski definition) is 1. The maximum atomic E-state index is 11.3. The lowest BCUT2D eigenvalue weighted by Crippen LogP contribution is -2.12. The molecule has 1 aliphatic rings. The van der Waals surface area contributed by atoms with Gasteiger partial charge >= 0.3 is 0 Å². The third kappa shape index (κ3) is 2.41. The molecule has 1 heterocycles. The van der Waals surface area contributed by atoms with E-state index in [4.69, 9.17) is 0 Å². The van der Waals surface area contributed by atoms with Gasteiger partial charge in [0.05, 0.1) is 0 Å². The number of rotatable bonds is 3. The molecule has 0 amide bonds. The molecule has 1 aromatic rings. The Kier molecular flexibility index (Phi) is 3.62. The summed E-state index contributed by atoms with van der Waals surface area (Å²) in [6, 6.07) is 0. The normalized spacial score (nSPS) is 17.8. The molecule has 1 N–H and O–H groups in total. The van der Waals surface area contributed by atoms with Crippen LogP contribution in [0, 0.1) is 0 Å². The van der Waals surface area contributed by atoms with Gasteiger partial charge in [-0.1, -0.05) is 18.7 Å². The Morgan fingerprint density at radius 2 is 2.12 bits per heavy atom. The molecular formula is C15H19NO. The van der Waals surface area contributed by atoms with Crippen LogP contribution in [0.1, 0.15) is 55.3 Å². The molecule has 0 unspecified atom stereocenters. The predicted molar refractivity (Wildman–Crippen MR) is 71.8 cm³/mol. The first-order chi connectivity index (χ1) is 8.26. The minimum Gasteiger partial charge on any atom is -0.361 e. The first-order valence-electron chi connectivity index (χ1n) is 6.24. The van der Waals surface area contributed by atoms with E-state index in [1.165, 1.54) is 11.1 Å². The van der Waals surface area contributed by atoms with E-state index in [1.807, 2.05) is 19.1 Å². The van der Waals surface area contributed by atoms with Gasteiger partial charge in [-0.05, 0) is 37.3 Å². The van der Waals surface area contributed by atoms with Crippen LogP contribution in [-0.4, -0.2) is 10.8 Å². The van der Waals surface area contributed by atoms with Crippen LogP contribution in [0.3, 0.4) is 0 Å². The number of allylic oxidation sites excluding steroid dienone is 1. The Labute approximate surface area is 102 Å². The summed E-state index contributed by atoms with van der Waals surface area (Å²) < 4.78 is 0. The number of aromatic amines is 1. The van der Waals surface area contributed by atoms with Crippen molar-refractivity contribution in [3.63, 3.8) is 0 Å². The van der Waals surface area contributed by atoms with Crippen LogP contribution in [0.25, 0.3) is 12.2 Å². The molecule has 17 heavy (non-hydrogen) atoms. The van der Waals surface area contributed by atoms with Crippen LogP contribution in [0.2, 0.25) is 0 Å². The molecule has 0 atom stereocenters. The maximum Gasteiger partial charge on any atom is 0.132 e. The third-order valence-electron chi connectivity index (χ3n) is 3.50. The van der Waals surface area contributed by atoms with Gasteiger partial charge in [0.2, 0.25) is 0 Å². The van der Waals surface area contributed by atoms with E-state index < -0.39 is 0 Å². The summed E-state index contributed by atoms with van der Waals surface area (Å²) in [6.45, 7) is 5.90. The van der Waals surface area contributed by atoms with Gasteiger partial charge in [0.1, 0.15) is 5.78 Å². The highest BCUT2D eigenvalue weighted by Crippen LogP contribution is 2.35. The van der Waals surface area contributed by atoms with Crippen molar-refractivity contribution < 1.29 is 4.79 Å². The van der Waals surface area contributed by atoms with Gasteiger partial charge in [0.15, 0.2) is 0 Å². The van der Waals surface area contributed by atoms with E-state index in [2.05, 4.69) is 23.8 Å². The van der Waals surface area contributed by atoms with Crippen molar-refractivity contribution in [2.24, 2.45) is 0 Å². The fourth-order valence-electron chi connectivity index (χ4n) is 2.59. The fraction of sp³-hybridized carbons (Fsp3) is 0.400. The number of hydrogen-bond donors (Lipinski definition) is 1. The van der Waals surface area contributed by atoms with Crippen molar-refractivity contribution in [3.8, 4) is 0 Å². The second kappa shape index (κ2) is 5.17. The monoisotopic (exact) mass is 229 g/mol. The number of Topliss-reactive ketones (excluding diaryl/α,β-unsaturated/α-hetero) is 1. The quantitative estimate of drug-likeness (QED) is 0.837. The smallest absolute Gasteiger partial charge is 0.132 e. The van der Waals surface area contributed by atoms with Crippen LogP contribution in [0.4, 0.5) is 0 Å². The van der Waals surface area contributed by atoms with Crippen molar-refractivity contribution in [1.82, 2.24) is 4.98 Å². The summed E-state index contributed by atoms with van der Waals surface area (Å²) >= 11 is 0. The van der Waals surface area contributed by atoms with Crippen LogP contribution < -0.4 is 0 Å². The Bertz CT molecular complexity index is 443. The van der Waals surface area contributed by atoms with E-state index in [0.717, 1.165) is 31.4 Å². The number of ketones is 1. The van der Waals surface area contributed by atoms with E-state index in [-0.39, 0.29) is 0 Å². The molecule has 0 saturated heterocycles. The van der Waals surface area contributed by atoms with E-state index in [1.54, 1.807) is 0 Å². The van der Waals surface area contributed by atoms with Crippen LogP contribution in [0.15, 0.2) is 18.9 Å². The molecule has 0 spiro atoms. The highest BCUT2D eigenvalue weighted by Gasteiger charge is 2.23. The summed E-state index contributed by atoms with van der Waals surface area (Å²) in [4.78, 5) is 14.6. The zero-order valence-corrected chi connectivity index (χ0v) is 10.3. The molecule has 90 valence electrons. The SMILES string of the molecule is C=Cc1c(C2CCC(=O)CC2)c[nH]c1/C=C\C. The molecule has 1 fully saturated rings. The molecule has 0 aromatic carbocycles. The minimum atomic E-state index is 0.408. The lowest BCUT2D eigenvalue weighted by atomic mass is 9.83. The minimum absolute atomic E-state index is 0.408. The van der Waals surface area contributed by atoms with Gasteiger partial charge in [-0.25, -0.2) is 0 Å². The Balaban J connectivity index is 2.26. The molecule has 2 rings (SSSR count). The van der Waals surface area contributed by atoms with Crippen LogP contribution in [0.5, 0.6) is 0 Å². The second-order valence-electron chi connectivity index (χ2n) is 4.59. The van der Waals surface area contributed by atoms with E-state index >= 15 is 0 Å². The highest BCUT2D eigenvalue weighted by atomic mass is 16.1. The summed E-state index contributed by atoms with van der Waals surface area (Å²) in [5, 5.41) is 0. The zero-order chi connectivity index (χ0) is 12.3. The number of aromatic nitrogens is 1. The predicted octanol–water partition coefficient (Wildman–Crippen LogP) is 3.92. The zero-order valence-electron chi connectivity index (χ0n) is 10.3. The van der Waals surface area contributed by atoms with Crippen LogP contribution >= 0.6 is 0 Å². The van der Waals surface area contributed by atoms with Crippen LogP contribution in [-0.2, 0) is 4.79 Å². The number of H-pyrrole nitrogens is 1. The first kappa shape index (κ1) is 11.9. The average molecular weight is 229 g/mol. The Morgan fingerprint density at radius 1 is 1.41 bits per heavy atom. The van der Waals surface area contributed by atoms with E-state index in [9.17, 15) is 4.79 Å². The van der Waals surface area contributed by atoms with Crippen molar-refractivity contribution in [2.75, 3.05) is 0 Å². The average Bonchev–Trinajstić information content (AvgIpc) is 2.73. The number of carbonyl (C=O) groups is 1. The molecule has 1 saturated carbocycles. The summed E-state index contributed by atoms with van der Waals surface area (Å²) in [6.07, 6.45) is 11.5. The van der Waals surface area contributed by atoms with Crippen molar-refractivity contribution in [3.05, 3.63) is 35.7 Å². The van der Waals surface area contributed by atoms with Crippen molar-refractivity contribution in [1.29, 1.82) is 0 Å². The lowest BCUT2D eigenvalue weighted by molar-refractivity contribution is -0.120. The molecule has 1 aliphatic carbocycles. The summed E-state index contributed by atoms with van der Waals surface area (Å²) in [5.74, 6) is 0.918. The molecule has 0 aliphatic heterocycles. The molecule has 1 aromatic heterocycles. The van der Waals surface area contributed by atoms with Gasteiger partial charge < -0.3 is 4.98 Å². The third-order valence-corrected chi connectivity index (χ3v) is 3.50. The second-order valence-corrected chi connectivity index (χ2v) is 4.59. The highest BCUT2D eigenvalue weighted by molar-refractivity contribution is 5.79. The number of nitrogens with one attached hydrogen (secondary N) is 1. The van der Waals surface area contributed by atoms with Gasteiger partial charge in [-0.2, -0.15) is 0 Å². The van der Waals surface area contributed by atoms with Crippen molar-refractivity contribution >= 4 is 17.9 Å². The maximum absolute atomic E-state index is 11.3. The van der Waals surface area contributed by atoms with Gasteiger partial charge in [-0.15, -0.1) is 0 Å². The molecule has 2 nitrogen and oxygen atoms in total. The number of carbonyl (C=O) groups excluding carboxylic acids is 1. The van der Waals surface area contributed by atoms with E-state index in [0.29, 0.717) is 11.7 Å². The fourth-order valence-corrected chi connectivity index (χ4v) is 2.59. The largest absolute Gasteiger partial charge is 0.361 e.